The summed E-state index contributed by atoms with van der Waals surface area (Å²) >= 11 is 1.50. The van der Waals surface area contributed by atoms with Gasteiger partial charge < -0.3 is 11.1 Å². The van der Waals surface area contributed by atoms with Crippen molar-refractivity contribution in [1.82, 2.24) is 10.3 Å². The first-order valence-electron chi connectivity index (χ1n) is 7.19. The second kappa shape index (κ2) is 10.5. The molecular formula is C16H23Cl2N3OS. The molecule has 0 fully saturated rings. The van der Waals surface area contributed by atoms with Gasteiger partial charge in [-0.2, -0.15) is 0 Å². The second-order valence-corrected chi connectivity index (χ2v) is 6.10. The van der Waals surface area contributed by atoms with E-state index in [0.29, 0.717) is 6.54 Å². The molecule has 0 saturated carbocycles. The highest BCUT2D eigenvalue weighted by molar-refractivity contribution is 7.13. The molecule has 2 aromatic rings. The van der Waals surface area contributed by atoms with E-state index in [1.165, 1.54) is 11.3 Å². The van der Waals surface area contributed by atoms with Crippen molar-refractivity contribution in [3.8, 4) is 0 Å². The molecular weight excluding hydrogens is 353 g/mol. The van der Waals surface area contributed by atoms with Gasteiger partial charge in [0.25, 0.3) is 5.91 Å². The van der Waals surface area contributed by atoms with E-state index in [4.69, 9.17) is 5.73 Å². The van der Waals surface area contributed by atoms with Crippen LogP contribution in [0.1, 0.15) is 39.3 Å². The molecule has 3 N–H and O–H groups in total. The maximum absolute atomic E-state index is 12.2. The number of thiazole rings is 1. The normalized spacial score (nSPS) is 9.65. The van der Waals surface area contributed by atoms with Crippen molar-refractivity contribution in [2.45, 2.75) is 33.1 Å². The van der Waals surface area contributed by atoms with Crippen LogP contribution < -0.4 is 11.1 Å². The molecule has 0 aliphatic carbocycles. The highest BCUT2D eigenvalue weighted by atomic mass is 35.5. The Morgan fingerprint density at radius 3 is 2.48 bits per heavy atom. The van der Waals surface area contributed by atoms with Gasteiger partial charge in [-0.25, -0.2) is 4.98 Å². The Kier molecular flexibility index (Phi) is 9.88. The van der Waals surface area contributed by atoms with Crippen LogP contribution in [0.25, 0.3) is 0 Å². The van der Waals surface area contributed by atoms with Crippen LogP contribution in [0.5, 0.6) is 0 Å². The number of benzene rings is 1. The molecule has 128 valence electrons. The zero-order valence-electron chi connectivity index (χ0n) is 13.3. The fourth-order valence-electron chi connectivity index (χ4n) is 2.07. The Labute approximate surface area is 153 Å². The summed E-state index contributed by atoms with van der Waals surface area (Å²) in [4.78, 5) is 17.3. The third-order valence-corrected chi connectivity index (χ3v) is 4.41. The van der Waals surface area contributed by atoms with Gasteiger partial charge in [0.05, 0.1) is 10.7 Å². The van der Waals surface area contributed by atoms with Gasteiger partial charge in [-0.3, -0.25) is 4.79 Å². The third kappa shape index (κ3) is 6.37. The zero-order valence-corrected chi connectivity index (χ0v) is 15.7. The van der Waals surface area contributed by atoms with Crippen LogP contribution >= 0.6 is 36.2 Å². The van der Waals surface area contributed by atoms with E-state index in [1.807, 2.05) is 31.2 Å². The molecule has 0 atom stereocenters. The van der Waals surface area contributed by atoms with Crippen molar-refractivity contribution in [3.05, 3.63) is 45.4 Å². The van der Waals surface area contributed by atoms with E-state index in [-0.39, 0.29) is 30.7 Å². The van der Waals surface area contributed by atoms with Crippen molar-refractivity contribution in [3.63, 3.8) is 0 Å². The monoisotopic (exact) mass is 375 g/mol. The molecule has 23 heavy (non-hydrogen) atoms. The molecule has 1 aromatic heterocycles. The average molecular weight is 376 g/mol. The van der Waals surface area contributed by atoms with E-state index in [2.05, 4.69) is 17.2 Å². The minimum absolute atomic E-state index is 0. The number of nitrogens with two attached hydrogens (primary N) is 1. The van der Waals surface area contributed by atoms with Gasteiger partial charge in [-0.1, -0.05) is 19.1 Å². The molecule has 1 amide bonds. The number of hydrogen-bond acceptors (Lipinski definition) is 4. The number of nitrogens with one attached hydrogen (secondary N) is 1. The number of hydrogen-bond donors (Lipinski definition) is 2. The van der Waals surface area contributed by atoms with Crippen LogP contribution in [-0.2, 0) is 12.8 Å². The molecule has 0 spiro atoms. The van der Waals surface area contributed by atoms with Gasteiger partial charge in [-0.05, 0) is 43.9 Å². The van der Waals surface area contributed by atoms with Gasteiger partial charge in [0.2, 0.25) is 0 Å². The molecule has 4 nitrogen and oxygen atoms in total. The van der Waals surface area contributed by atoms with Crippen molar-refractivity contribution in [1.29, 1.82) is 0 Å². The SMILES string of the molecule is CCCc1nc(C)c(C(=O)NCCc2ccc(N)cc2)s1.Cl.Cl. The molecule has 2 rings (SSSR count). The molecule has 0 unspecified atom stereocenters. The number of rotatable bonds is 6. The van der Waals surface area contributed by atoms with E-state index in [1.54, 1.807) is 0 Å². The first-order valence-corrected chi connectivity index (χ1v) is 8.00. The minimum atomic E-state index is -0.0252. The van der Waals surface area contributed by atoms with Crippen molar-refractivity contribution >= 4 is 47.7 Å². The van der Waals surface area contributed by atoms with Crippen LogP contribution in [0, 0.1) is 6.92 Å². The first-order chi connectivity index (χ1) is 10.1. The first kappa shape index (κ1) is 21.7. The predicted octanol–water partition coefficient (Wildman–Crippen LogP) is 3.80. The van der Waals surface area contributed by atoms with Gasteiger partial charge in [0.1, 0.15) is 4.88 Å². The standard InChI is InChI=1S/C16H21N3OS.2ClH/c1-3-4-14-19-11(2)15(21-14)16(20)18-10-9-12-5-7-13(17)8-6-12;;/h5-8H,3-4,9-10,17H2,1-2H3,(H,18,20);2*1H. The fourth-order valence-corrected chi connectivity index (χ4v) is 3.15. The Hall–Kier alpha value is -1.30. The number of halogens is 2. The maximum Gasteiger partial charge on any atom is 0.263 e. The largest absolute Gasteiger partial charge is 0.399 e. The lowest BCUT2D eigenvalue weighted by atomic mass is 10.1. The Bertz CT molecular complexity index is 614. The highest BCUT2D eigenvalue weighted by Gasteiger charge is 2.14. The van der Waals surface area contributed by atoms with E-state index >= 15 is 0 Å². The lowest BCUT2D eigenvalue weighted by molar-refractivity contribution is 0.0957. The van der Waals surface area contributed by atoms with Crippen LogP contribution in [0.2, 0.25) is 0 Å². The number of aromatic nitrogens is 1. The summed E-state index contributed by atoms with van der Waals surface area (Å²) in [5, 5.41) is 4.00. The summed E-state index contributed by atoms with van der Waals surface area (Å²) in [5.74, 6) is -0.0252. The van der Waals surface area contributed by atoms with E-state index in [9.17, 15) is 4.79 Å². The van der Waals surface area contributed by atoms with Crippen molar-refractivity contribution in [2.24, 2.45) is 0 Å². The van der Waals surface area contributed by atoms with Crippen molar-refractivity contribution < 1.29 is 4.79 Å². The van der Waals surface area contributed by atoms with Crippen LogP contribution in [0.3, 0.4) is 0 Å². The molecule has 0 aliphatic rings. The Morgan fingerprint density at radius 1 is 1.22 bits per heavy atom. The fraction of sp³-hybridized carbons (Fsp3) is 0.375. The molecule has 0 saturated heterocycles. The number of aryl methyl sites for hydroxylation is 2. The second-order valence-electron chi connectivity index (χ2n) is 5.02. The van der Waals surface area contributed by atoms with E-state index in [0.717, 1.165) is 46.1 Å². The number of nitrogen functional groups attached to an aromatic ring is 1. The number of carbonyl (C=O) groups excluding carboxylic acids is 1. The number of carbonyl (C=O) groups is 1. The topological polar surface area (TPSA) is 68.0 Å². The maximum atomic E-state index is 12.2. The summed E-state index contributed by atoms with van der Waals surface area (Å²) in [7, 11) is 0. The van der Waals surface area contributed by atoms with Gasteiger partial charge >= 0.3 is 0 Å². The quantitative estimate of drug-likeness (QED) is 0.754. The summed E-state index contributed by atoms with van der Waals surface area (Å²) in [6, 6.07) is 7.72. The molecule has 7 heteroatoms. The molecule has 1 aromatic carbocycles. The Morgan fingerprint density at radius 2 is 1.87 bits per heavy atom. The predicted molar refractivity (Wildman–Crippen MR) is 102 cm³/mol. The summed E-state index contributed by atoms with van der Waals surface area (Å²) in [5.41, 5.74) is 8.40. The summed E-state index contributed by atoms with van der Waals surface area (Å²) < 4.78 is 0. The zero-order chi connectivity index (χ0) is 15.2. The number of anilines is 1. The van der Waals surface area contributed by atoms with Gasteiger partial charge in [0, 0.05) is 12.2 Å². The van der Waals surface area contributed by atoms with Crippen molar-refractivity contribution in [2.75, 3.05) is 12.3 Å². The molecule has 0 radical (unpaired) electrons. The van der Waals surface area contributed by atoms with Crippen LogP contribution in [0.15, 0.2) is 24.3 Å². The smallest absolute Gasteiger partial charge is 0.263 e. The Balaban J connectivity index is 0.00000242. The van der Waals surface area contributed by atoms with Gasteiger partial charge in [0.15, 0.2) is 0 Å². The summed E-state index contributed by atoms with van der Waals surface area (Å²) in [6.45, 7) is 4.62. The lowest BCUT2D eigenvalue weighted by Crippen LogP contribution is -2.25. The van der Waals surface area contributed by atoms with E-state index < -0.39 is 0 Å². The lowest BCUT2D eigenvalue weighted by Gasteiger charge is -2.04. The number of nitrogens with zero attached hydrogens (tertiary/aromatic N) is 1. The average Bonchev–Trinajstić information content (AvgIpc) is 2.82. The molecule has 0 bridgehead atoms. The van der Waals surface area contributed by atoms with Crippen LogP contribution in [-0.4, -0.2) is 17.4 Å². The minimum Gasteiger partial charge on any atom is -0.399 e. The highest BCUT2D eigenvalue weighted by Crippen LogP contribution is 2.19. The summed E-state index contributed by atoms with van der Waals surface area (Å²) in [6.07, 6.45) is 2.78. The molecule has 0 aliphatic heterocycles. The molecule has 1 heterocycles. The van der Waals surface area contributed by atoms with Crippen LogP contribution in [0.4, 0.5) is 5.69 Å². The number of amides is 1. The van der Waals surface area contributed by atoms with Gasteiger partial charge in [-0.15, -0.1) is 36.2 Å². The third-order valence-electron chi connectivity index (χ3n) is 3.19.